The van der Waals surface area contributed by atoms with Gasteiger partial charge in [-0.25, -0.2) is 0 Å². The highest BCUT2D eigenvalue weighted by Crippen LogP contribution is 2.15. The van der Waals surface area contributed by atoms with E-state index in [1.807, 2.05) is 39.5 Å². The smallest absolute Gasteiger partial charge is 0.225 e. The van der Waals surface area contributed by atoms with Gasteiger partial charge >= 0.3 is 0 Å². The van der Waals surface area contributed by atoms with E-state index in [0.717, 1.165) is 38.4 Å². The molecule has 0 aromatic rings. The Balaban J connectivity index is 2.56. The molecule has 0 atom stereocenters. The molecule has 0 aromatic carbocycles. The van der Waals surface area contributed by atoms with Crippen molar-refractivity contribution >= 4 is 11.9 Å². The van der Waals surface area contributed by atoms with Crippen LogP contribution in [0, 0.1) is 5.92 Å². The van der Waals surface area contributed by atoms with Gasteiger partial charge in [0, 0.05) is 31.6 Å². The number of amides is 1. The number of hydrogen-bond donors (Lipinski definition) is 3. The summed E-state index contributed by atoms with van der Waals surface area (Å²) in [7, 11) is 0. The minimum Gasteiger partial charge on any atom is -0.388 e. The second-order valence-corrected chi connectivity index (χ2v) is 7.03. The average molecular weight is 341 g/mol. The molecular weight excluding hydrogens is 304 g/mol. The molecule has 6 nitrogen and oxygen atoms in total. The highest BCUT2D eigenvalue weighted by molar-refractivity contribution is 5.80. The van der Waals surface area contributed by atoms with Gasteiger partial charge in [0.2, 0.25) is 5.91 Å². The third-order valence-corrected chi connectivity index (χ3v) is 4.83. The lowest BCUT2D eigenvalue weighted by Crippen LogP contribution is -2.50. The predicted molar refractivity (Wildman–Crippen MR) is 99.1 cm³/mol. The largest absolute Gasteiger partial charge is 0.388 e. The van der Waals surface area contributed by atoms with Gasteiger partial charge in [0.05, 0.1) is 12.1 Å². The number of piperidine rings is 1. The zero-order chi connectivity index (χ0) is 18.2. The van der Waals surface area contributed by atoms with Gasteiger partial charge in [-0.15, -0.1) is 0 Å². The molecule has 1 aliphatic rings. The molecular formula is C18H36N4O2. The number of rotatable bonds is 7. The molecule has 1 amide bonds. The minimum atomic E-state index is -0.727. The molecule has 0 unspecified atom stereocenters. The molecule has 0 aromatic heterocycles. The van der Waals surface area contributed by atoms with E-state index in [4.69, 9.17) is 0 Å². The summed E-state index contributed by atoms with van der Waals surface area (Å²) in [5, 5.41) is 17.1. The summed E-state index contributed by atoms with van der Waals surface area (Å²) in [6.07, 6.45) is 3.24. The Hall–Kier alpha value is -1.30. The van der Waals surface area contributed by atoms with E-state index in [-0.39, 0.29) is 11.8 Å². The Morgan fingerprint density at radius 3 is 2.29 bits per heavy atom. The molecule has 0 spiro atoms. The third-order valence-electron chi connectivity index (χ3n) is 4.83. The lowest BCUT2D eigenvalue weighted by atomic mass is 9.98. The Kier molecular flexibility index (Phi) is 8.53. The average Bonchev–Trinajstić information content (AvgIpc) is 2.59. The maximum Gasteiger partial charge on any atom is 0.225 e. The van der Waals surface area contributed by atoms with Crippen LogP contribution in [0.4, 0.5) is 0 Å². The normalized spacial score (nSPS) is 17.3. The van der Waals surface area contributed by atoms with E-state index in [9.17, 15) is 9.90 Å². The van der Waals surface area contributed by atoms with Crippen LogP contribution in [0.5, 0.6) is 0 Å². The lowest BCUT2D eigenvalue weighted by molar-refractivity contribution is -0.135. The number of nitrogens with one attached hydrogen (secondary N) is 2. The molecule has 0 aliphatic carbocycles. The van der Waals surface area contributed by atoms with Crippen LogP contribution in [-0.2, 0) is 4.79 Å². The molecule has 140 valence electrons. The van der Waals surface area contributed by atoms with E-state index in [1.165, 1.54) is 0 Å². The highest BCUT2D eigenvalue weighted by atomic mass is 16.3. The first-order valence-electron chi connectivity index (χ1n) is 9.41. The molecule has 1 heterocycles. The Bertz CT molecular complexity index is 411. The topological polar surface area (TPSA) is 77.0 Å². The van der Waals surface area contributed by atoms with Gasteiger partial charge in [0.25, 0.3) is 0 Å². The van der Waals surface area contributed by atoms with Gasteiger partial charge in [-0.2, -0.15) is 0 Å². The van der Waals surface area contributed by atoms with Crippen molar-refractivity contribution in [2.45, 2.75) is 71.9 Å². The van der Waals surface area contributed by atoms with Gasteiger partial charge < -0.3 is 20.6 Å². The van der Waals surface area contributed by atoms with Crippen LogP contribution in [-0.4, -0.2) is 59.7 Å². The standard InChI is InChI=1S/C18H36N4O2/c1-6-18(24,7-2)13-20-17(19-8-3)21-15-9-11-22(12-10-15)16(23)14(4)5/h14-15,24H,6-13H2,1-5H3,(H2,19,20,21). The number of carbonyl (C=O) groups is 1. The Labute approximate surface area is 147 Å². The molecule has 1 rings (SSSR count). The molecule has 0 saturated carbocycles. The molecule has 1 fully saturated rings. The van der Waals surface area contributed by atoms with Crippen molar-refractivity contribution in [3.05, 3.63) is 0 Å². The van der Waals surface area contributed by atoms with Crippen molar-refractivity contribution in [1.29, 1.82) is 0 Å². The zero-order valence-corrected chi connectivity index (χ0v) is 16.1. The van der Waals surface area contributed by atoms with Crippen LogP contribution in [0.1, 0.15) is 60.3 Å². The van der Waals surface area contributed by atoms with Gasteiger partial charge in [-0.3, -0.25) is 9.79 Å². The quantitative estimate of drug-likeness (QED) is 0.487. The van der Waals surface area contributed by atoms with Gasteiger partial charge in [-0.05, 0) is 32.6 Å². The van der Waals surface area contributed by atoms with Crippen LogP contribution in [0.3, 0.4) is 0 Å². The molecule has 24 heavy (non-hydrogen) atoms. The van der Waals surface area contributed by atoms with E-state index in [2.05, 4.69) is 15.6 Å². The molecule has 1 saturated heterocycles. The highest BCUT2D eigenvalue weighted by Gasteiger charge is 2.25. The van der Waals surface area contributed by atoms with Crippen molar-refractivity contribution in [2.24, 2.45) is 10.9 Å². The summed E-state index contributed by atoms with van der Waals surface area (Å²) in [4.78, 5) is 18.6. The van der Waals surface area contributed by atoms with Crippen LogP contribution >= 0.6 is 0 Å². The summed E-state index contributed by atoms with van der Waals surface area (Å²) in [5.41, 5.74) is -0.727. The zero-order valence-electron chi connectivity index (χ0n) is 16.1. The first-order valence-corrected chi connectivity index (χ1v) is 9.41. The van der Waals surface area contributed by atoms with Crippen LogP contribution in [0.15, 0.2) is 4.99 Å². The number of hydrogen-bond acceptors (Lipinski definition) is 3. The number of aliphatic imine (C=N–C) groups is 1. The predicted octanol–water partition coefficient (Wildman–Crippen LogP) is 1.74. The number of likely N-dealkylation sites (tertiary alicyclic amines) is 1. The molecule has 0 bridgehead atoms. The Morgan fingerprint density at radius 2 is 1.83 bits per heavy atom. The molecule has 1 aliphatic heterocycles. The summed E-state index contributed by atoms with van der Waals surface area (Å²) in [5.74, 6) is 1.06. The van der Waals surface area contributed by atoms with Crippen molar-refractivity contribution < 1.29 is 9.90 Å². The van der Waals surface area contributed by atoms with Gasteiger partial charge in [-0.1, -0.05) is 27.7 Å². The maximum atomic E-state index is 12.0. The summed E-state index contributed by atoms with van der Waals surface area (Å²) in [6, 6.07) is 0.315. The summed E-state index contributed by atoms with van der Waals surface area (Å²) in [6.45, 7) is 12.7. The van der Waals surface area contributed by atoms with E-state index < -0.39 is 5.60 Å². The maximum absolute atomic E-state index is 12.0. The fraction of sp³-hybridized carbons (Fsp3) is 0.889. The lowest BCUT2D eigenvalue weighted by Gasteiger charge is -2.34. The Morgan fingerprint density at radius 1 is 1.25 bits per heavy atom. The van der Waals surface area contributed by atoms with E-state index in [0.29, 0.717) is 25.4 Å². The first kappa shape index (κ1) is 20.7. The minimum absolute atomic E-state index is 0.0640. The van der Waals surface area contributed by atoms with Crippen molar-refractivity contribution in [3.63, 3.8) is 0 Å². The van der Waals surface area contributed by atoms with Crippen LogP contribution < -0.4 is 10.6 Å². The number of guanidine groups is 1. The second-order valence-electron chi connectivity index (χ2n) is 7.03. The summed E-state index contributed by atoms with van der Waals surface area (Å²) < 4.78 is 0. The molecule has 3 N–H and O–H groups in total. The van der Waals surface area contributed by atoms with Gasteiger partial charge in [0.15, 0.2) is 5.96 Å². The monoisotopic (exact) mass is 340 g/mol. The van der Waals surface area contributed by atoms with E-state index in [1.54, 1.807) is 0 Å². The number of carbonyl (C=O) groups excluding carboxylic acids is 1. The van der Waals surface area contributed by atoms with Crippen LogP contribution in [0.25, 0.3) is 0 Å². The summed E-state index contributed by atoms with van der Waals surface area (Å²) >= 11 is 0. The molecule has 6 heteroatoms. The van der Waals surface area contributed by atoms with Crippen molar-refractivity contribution in [3.8, 4) is 0 Å². The van der Waals surface area contributed by atoms with Crippen LogP contribution in [0.2, 0.25) is 0 Å². The second kappa shape index (κ2) is 9.87. The van der Waals surface area contributed by atoms with Crippen molar-refractivity contribution in [2.75, 3.05) is 26.2 Å². The number of nitrogens with zero attached hydrogens (tertiary/aromatic N) is 2. The SMILES string of the molecule is CCNC(=NCC(O)(CC)CC)NC1CCN(C(=O)C(C)C)CC1. The van der Waals surface area contributed by atoms with Gasteiger partial charge in [0.1, 0.15) is 0 Å². The van der Waals surface area contributed by atoms with E-state index >= 15 is 0 Å². The fourth-order valence-electron chi connectivity index (χ4n) is 2.82. The molecule has 0 radical (unpaired) electrons. The third kappa shape index (κ3) is 6.30. The number of aliphatic hydroxyl groups is 1. The first-order chi connectivity index (χ1) is 11.3. The van der Waals surface area contributed by atoms with Crippen molar-refractivity contribution in [1.82, 2.24) is 15.5 Å². The fourth-order valence-corrected chi connectivity index (χ4v) is 2.82.